The Morgan fingerprint density at radius 1 is 0.583 bits per heavy atom. The number of nitrogens with one attached hydrogen (secondary N) is 1. The molecule has 0 unspecified atom stereocenters. The van der Waals surface area contributed by atoms with E-state index in [1.165, 1.54) is 10.8 Å². The summed E-state index contributed by atoms with van der Waals surface area (Å²) in [6.07, 6.45) is 3.75. The number of rotatable bonds is 4. The van der Waals surface area contributed by atoms with E-state index >= 15 is 0 Å². The molecule has 0 radical (unpaired) electrons. The molecule has 3 aromatic carbocycles. The SMILES string of the molecule is CO.O=C(O)c1c(Cl)c(Cl)c(Cl)c(Cl)c1C(=O)O.O=C([O-])c1c(Cl)c(Cl)c(Cl)c(Cl)c1C(=O)O.c1cnc2c(c1)ccc1ccc[nH+]c12. The number of aromatic nitrogens is 2. The third-order valence-corrected chi connectivity index (χ3v) is 9.39. The summed E-state index contributed by atoms with van der Waals surface area (Å²) in [6, 6.07) is 12.3. The van der Waals surface area contributed by atoms with Gasteiger partial charge in [-0.15, -0.1) is 0 Å². The lowest BCUT2D eigenvalue weighted by molar-refractivity contribution is -0.343. The number of nitrogens with zero attached hydrogens (tertiary/aromatic N) is 1. The number of halogens is 8. The lowest BCUT2D eigenvalue weighted by atomic mass is 10.1. The Morgan fingerprint density at radius 3 is 1.38 bits per heavy atom. The summed E-state index contributed by atoms with van der Waals surface area (Å²) in [7, 11) is 1.00. The molecular weight excluding hydrogens is 804 g/mol. The van der Waals surface area contributed by atoms with Crippen molar-refractivity contribution in [2.24, 2.45) is 0 Å². The molecule has 2 heterocycles. The highest BCUT2D eigenvalue weighted by Gasteiger charge is 2.28. The van der Waals surface area contributed by atoms with Crippen LogP contribution in [0.1, 0.15) is 41.4 Å². The van der Waals surface area contributed by atoms with Gasteiger partial charge in [0.25, 0.3) is 0 Å². The van der Waals surface area contributed by atoms with E-state index in [-0.39, 0.29) is 20.1 Å². The Bertz CT molecular complexity index is 1840. The highest BCUT2D eigenvalue weighted by atomic mass is 35.5. The summed E-state index contributed by atoms with van der Waals surface area (Å²) in [4.78, 5) is 50.9. The highest BCUT2D eigenvalue weighted by molar-refractivity contribution is 6.55. The molecule has 0 aliphatic rings. The average molecular weight is 820 g/mol. The van der Waals surface area contributed by atoms with Crippen molar-refractivity contribution in [3.8, 4) is 0 Å². The van der Waals surface area contributed by atoms with E-state index in [0.717, 1.165) is 18.1 Å². The van der Waals surface area contributed by atoms with Crippen molar-refractivity contribution in [2.75, 3.05) is 7.11 Å². The smallest absolute Gasteiger partial charge is 0.338 e. The monoisotopic (exact) mass is 816 g/mol. The molecule has 252 valence electrons. The van der Waals surface area contributed by atoms with Crippen LogP contribution in [0, 0.1) is 0 Å². The zero-order valence-corrected chi connectivity index (χ0v) is 29.5. The third kappa shape index (κ3) is 8.80. The number of carbonyl (C=O) groups is 4. The van der Waals surface area contributed by atoms with Crippen LogP contribution in [0.4, 0.5) is 0 Å². The van der Waals surface area contributed by atoms with E-state index < -0.39 is 66.2 Å². The van der Waals surface area contributed by atoms with Crippen LogP contribution in [0.25, 0.3) is 21.8 Å². The quantitative estimate of drug-likeness (QED) is 0.0786. The zero-order valence-electron chi connectivity index (χ0n) is 23.4. The standard InChI is InChI=1S/C12H8N2.2C8H2Cl4O4.CH4O/c1-3-9-5-6-10-4-2-8-14-12(10)11(9)13-7-1;2*9-3-1(7(13)14)2(8(15)16)4(10)6(12)5(3)11;1-2/h1-8H;2*(H,13,14)(H,15,16);2H,1H3. The van der Waals surface area contributed by atoms with E-state index in [1.54, 1.807) is 0 Å². The Hall–Kier alpha value is -3.36. The van der Waals surface area contributed by atoms with Crippen molar-refractivity contribution in [1.29, 1.82) is 0 Å². The maximum Gasteiger partial charge on any atom is 0.338 e. The number of aromatic amines is 1. The Morgan fingerprint density at radius 2 is 0.958 bits per heavy atom. The fraction of sp³-hybridized carbons (Fsp3) is 0.0345. The molecule has 11 nitrogen and oxygen atoms in total. The van der Waals surface area contributed by atoms with Gasteiger partial charge in [-0.3, -0.25) is 0 Å². The fourth-order valence-corrected chi connectivity index (χ4v) is 5.82. The minimum absolute atomic E-state index is 0.296. The Labute approximate surface area is 309 Å². The van der Waals surface area contributed by atoms with Crippen LogP contribution >= 0.6 is 92.8 Å². The van der Waals surface area contributed by atoms with Crippen molar-refractivity contribution >= 4 is 138 Å². The van der Waals surface area contributed by atoms with Gasteiger partial charge in [0.2, 0.25) is 5.52 Å². The number of hydrogen-bond donors (Lipinski definition) is 4. The van der Waals surface area contributed by atoms with E-state index in [4.69, 9.17) is 113 Å². The van der Waals surface area contributed by atoms with Gasteiger partial charge in [-0.25, -0.2) is 24.4 Å². The molecule has 5 N–H and O–H groups in total. The number of fused-ring (bicyclic) bond motifs is 3. The normalized spacial score (nSPS) is 10.1. The molecule has 0 saturated carbocycles. The van der Waals surface area contributed by atoms with E-state index in [1.807, 2.05) is 24.5 Å². The number of pyridine rings is 2. The molecule has 0 saturated heterocycles. The van der Waals surface area contributed by atoms with Crippen LogP contribution in [0.5, 0.6) is 0 Å². The van der Waals surface area contributed by atoms with E-state index in [2.05, 4.69) is 34.2 Å². The van der Waals surface area contributed by atoms with Gasteiger partial charge >= 0.3 is 17.9 Å². The van der Waals surface area contributed by atoms with E-state index in [0.29, 0.717) is 0 Å². The number of hydrogen-bond acceptors (Lipinski definition) is 7. The first-order valence-corrected chi connectivity index (χ1v) is 15.3. The number of carboxylic acids is 4. The van der Waals surface area contributed by atoms with Crippen molar-refractivity contribution < 1.29 is 49.7 Å². The van der Waals surface area contributed by atoms with Gasteiger partial charge in [-0.2, -0.15) is 0 Å². The van der Waals surface area contributed by atoms with Crippen LogP contribution in [-0.2, 0) is 0 Å². The van der Waals surface area contributed by atoms with Crippen LogP contribution in [0.15, 0.2) is 48.8 Å². The van der Waals surface area contributed by atoms with Crippen LogP contribution in [0.3, 0.4) is 0 Å². The molecule has 0 aliphatic carbocycles. The van der Waals surface area contributed by atoms with Crippen LogP contribution in [0.2, 0.25) is 40.2 Å². The second kappa shape index (κ2) is 17.9. The highest BCUT2D eigenvalue weighted by Crippen LogP contribution is 2.42. The summed E-state index contributed by atoms with van der Waals surface area (Å²) in [6.45, 7) is 0. The number of carbonyl (C=O) groups excluding carboxylic acids is 1. The summed E-state index contributed by atoms with van der Waals surface area (Å²) < 4.78 is 0. The number of carboxylic acid groups (broad SMARTS) is 4. The van der Waals surface area contributed by atoms with Crippen LogP contribution in [-0.4, -0.2) is 56.4 Å². The van der Waals surface area contributed by atoms with Crippen molar-refractivity contribution in [3.05, 3.63) is 111 Å². The van der Waals surface area contributed by atoms with Crippen molar-refractivity contribution in [1.82, 2.24) is 4.98 Å². The molecule has 5 aromatic rings. The molecule has 19 heteroatoms. The second-order valence-electron chi connectivity index (χ2n) is 8.49. The van der Waals surface area contributed by atoms with Gasteiger partial charge in [0.1, 0.15) is 5.52 Å². The first kappa shape index (κ1) is 40.8. The topological polar surface area (TPSA) is 199 Å². The predicted octanol–water partition coefficient (Wildman–Crippen LogP) is 7.87. The number of aliphatic hydroxyl groups is 1. The van der Waals surface area contributed by atoms with Gasteiger partial charge in [-0.1, -0.05) is 105 Å². The van der Waals surface area contributed by atoms with Gasteiger partial charge in [0.15, 0.2) is 6.20 Å². The maximum absolute atomic E-state index is 10.9. The summed E-state index contributed by atoms with van der Waals surface area (Å²) in [5.41, 5.74) is -0.784. The largest absolute Gasteiger partial charge is 0.545 e. The Balaban J connectivity index is 0.000000244. The first-order valence-electron chi connectivity index (χ1n) is 12.2. The first-order chi connectivity index (χ1) is 22.5. The molecule has 48 heavy (non-hydrogen) atoms. The maximum atomic E-state index is 10.9. The average Bonchev–Trinajstić information content (AvgIpc) is 3.06. The third-order valence-electron chi connectivity index (χ3n) is 5.79. The number of H-pyrrole nitrogens is 1. The molecule has 0 bridgehead atoms. The molecule has 0 spiro atoms. The van der Waals surface area contributed by atoms with Crippen molar-refractivity contribution in [3.63, 3.8) is 0 Å². The molecule has 2 aromatic heterocycles. The number of benzene rings is 3. The van der Waals surface area contributed by atoms with Crippen molar-refractivity contribution in [2.45, 2.75) is 0 Å². The minimum atomic E-state index is -1.80. The lowest BCUT2D eigenvalue weighted by Crippen LogP contribution is -2.26. The second-order valence-corrected chi connectivity index (χ2v) is 11.5. The molecule has 0 aliphatic heterocycles. The Kier molecular flexibility index (Phi) is 15.2. The van der Waals surface area contributed by atoms with E-state index in [9.17, 15) is 24.3 Å². The van der Waals surface area contributed by atoms with Gasteiger partial charge in [-0.05, 0) is 18.2 Å². The summed E-state index contributed by atoms with van der Waals surface area (Å²) in [5.74, 6) is -6.50. The molecular formula is C29H16Cl8N2O9. The van der Waals surface area contributed by atoms with Gasteiger partial charge < -0.3 is 30.3 Å². The number of aromatic carboxylic acids is 4. The summed E-state index contributed by atoms with van der Waals surface area (Å²) in [5, 5.41) is 43.4. The minimum Gasteiger partial charge on any atom is -0.545 e. The van der Waals surface area contributed by atoms with Gasteiger partial charge in [0, 0.05) is 35.7 Å². The fourth-order valence-electron chi connectivity index (χ4n) is 3.79. The zero-order chi connectivity index (χ0) is 36.6. The molecule has 0 fully saturated rings. The van der Waals surface area contributed by atoms with Crippen LogP contribution < -0.4 is 10.1 Å². The number of aliphatic hydroxyl groups excluding tert-OH is 1. The lowest BCUT2D eigenvalue weighted by Gasteiger charge is -2.14. The molecule has 0 atom stereocenters. The summed E-state index contributed by atoms with van der Waals surface area (Å²) >= 11 is 44.7. The molecule has 5 rings (SSSR count). The predicted molar refractivity (Wildman–Crippen MR) is 182 cm³/mol. The van der Waals surface area contributed by atoms with Gasteiger partial charge in [0.05, 0.1) is 62.8 Å². The molecule has 0 amide bonds.